The second kappa shape index (κ2) is 11.0. The van der Waals surface area contributed by atoms with Crippen LogP contribution in [-0.4, -0.2) is 24.2 Å². The van der Waals surface area contributed by atoms with E-state index in [9.17, 15) is 9.59 Å². The molecule has 0 aromatic heterocycles. The highest BCUT2D eigenvalue weighted by molar-refractivity contribution is 8.00. The molecule has 5 nitrogen and oxygen atoms in total. The van der Waals surface area contributed by atoms with E-state index >= 15 is 0 Å². The number of nitrogens with one attached hydrogen (secondary N) is 2. The maximum absolute atomic E-state index is 11.7. The summed E-state index contributed by atoms with van der Waals surface area (Å²) in [5, 5.41) is 0.952. The van der Waals surface area contributed by atoms with E-state index in [0.29, 0.717) is 28.8 Å². The average Bonchev–Trinajstić information content (AvgIpc) is 2.64. The van der Waals surface area contributed by atoms with E-state index in [0.717, 1.165) is 4.90 Å². The molecule has 2 amide bonds. The summed E-state index contributed by atoms with van der Waals surface area (Å²) in [7, 11) is 0. The number of hydrogen-bond donors (Lipinski definition) is 2. The molecule has 0 bridgehead atoms. The van der Waals surface area contributed by atoms with Crippen LogP contribution in [0.15, 0.2) is 53.4 Å². The van der Waals surface area contributed by atoms with Crippen LogP contribution in [0.2, 0.25) is 10.0 Å². The van der Waals surface area contributed by atoms with Crippen molar-refractivity contribution in [2.45, 2.75) is 17.7 Å². The highest BCUT2D eigenvalue weighted by Crippen LogP contribution is 2.27. The zero-order valence-electron chi connectivity index (χ0n) is 13.8. The highest BCUT2D eigenvalue weighted by Gasteiger charge is 2.07. The van der Waals surface area contributed by atoms with Crippen molar-refractivity contribution < 1.29 is 14.3 Å². The van der Waals surface area contributed by atoms with Crippen LogP contribution >= 0.6 is 35.0 Å². The Kier molecular flexibility index (Phi) is 8.61. The molecule has 0 unspecified atom stereocenters. The first kappa shape index (κ1) is 20.4. The van der Waals surface area contributed by atoms with Gasteiger partial charge in [-0.2, -0.15) is 0 Å². The van der Waals surface area contributed by atoms with Crippen LogP contribution in [0, 0.1) is 0 Å². The summed E-state index contributed by atoms with van der Waals surface area (Å²) < 4.78 is 5.49. The smallest absolute Gasteiger partial charge is 0.248 e. The fraction of sp³-hybridized carbons (Fsp3) is 0.222. The zero-order chi connectivity index (χ0) is 18.8. The van der Waals surface area contributed by atoms with Crippen LogP contribution < -0.4 is 15.6 Å². The summed E-state index contributed by atoms with van der Waals surface area (Å²) in [6, 6.07) is 14.5. The third kappa shape index (κ3) is 7.56. The number of hydrogen-bond acceptors (Lipinski definition) is 4. The Bertz CT molecular complexity index is 744. The lowest BCUT2D eigenvalue weighted by molar-refractivity contribution is -0.127. The maximum Gasteiger partial charge on any atom is 0.248 e. The number of halogens is 2. The number of carbonyl (C=O) groups is 2. The van der Waals surface area contributed by atoms with E-state index in [1.54, 1.807) is 18.2 Å². The lowest BCUT2D eigenvalue weighted by atomic mass is 10.3. The van der Waals surface area contributed by atoms with Crippen LogP contribution in [0.3, 0.4) is 0 Å². The van der Waals surface area contributed by atoms with Crippen LogP contribution in [-0.2, 0) is 9.59 Å². The predicted molar refractivity (Wildman–Crippen MR) is 105 cm³/mol. The van der Waals surface area contributed by atoms with E-state index in [1.165, 1.54) is 11.8 Å². The molecule has 2 rings (SSSR count). The molecule has 2 aromatic carbocycles. The van der Waals surface area contributed by atoms with Gasteiger partial charge in [0.25, 0.3) is 0 Å². The minimum absolute atomic E-state index is 0.220. The number of ether oxygens (including phenoxy) is 1. The molecular formula is C18H18Cl2N2O3S. The van der Waals surface area contributed by atoms with Gasteiger partial charge in [0.2, 0.25) is 11.8 Å². The first-order valence-corrected chi connectivity index (χ1v) is 9.62. The van der Waals surface area contributed by atoms with Crippen LogP contribution in [0.1, 0.15) is 12.8 Å². The average molecular weight is 413 g/mol. The molecule has 0 fully saturated rings. The quantitative estimate of drug-likeness (QED) is 0.389. The second-order valence-electron chi connectivity index (χ2n) is 5.22. The Labute approximate surface area is 166 Å². The molecule has 0 atom stereocenters. The van der Waals surface area contributed by atoms with Gasteiger partial charge in [0.05, 0.1) is 17.4 Å². The number of benzene rings is 2. The van der Waals surface area contributed by atoms with E-state index in [-0.39, 0.29) is 24.0 Å². The highest BCUT2D eigenvalue weighted by atomic mass is 35.5. The van der Waals surface area contributed by atoms with Crippen LogP contribution in [0.5, 0.6) is 5.75 Å². The fourth-order valence-corrected chi connectivity index (χ4v) is 3.09. The van der Waals surface area contributed by atoms with E-state index in [1.807, 2.05) is 30.3 Å². The van der Waals surface area contributed by atoms with Gasteiger partial charge in [-0.15, -0.1) is 11.8 Å². The predicted octanol–water partition coefficient (Wildman–Crippen LogP) is 4.09. The second-order valence-corrected chi connectivity index (χ2v) is 7.12. The van der Waals surface area contributed by atoms with Crippen LogP contribution in [0.4, 0.5) is 0 Å². The molecule has 26 heavy (non-hydrogen) atoms. The molecule has 0 saturated carbocycles. The van der Waals surface area contributed by atoms with Gasteiger partial charge in [0, 0.05) is 16.3 Å². The van der Waals surface area contributed by atoms with Gasteiger partial charge >= 0.3 is 0 Å². The topological polar surface area (TPSA) is 67.4 Å². The first-order valence-electron chi connectivity index (χ1n) is 7.88. The van der Waals surface area contributed by atoms with Crippen LogP contribution in [0.25, 0.3) is 0 Å². The van der Waals surface area contributed by atoms with E-state index in [2.05, 4.69) is 10.9 Å². The number of hydrazine groups is 1. The molecule has 0 radical (unpaired) electrons. The maximum atomic E-state index is 11.7. The lowest BCUT2D eigenvalue weighted by Crippen LogP contribution is -2.42. The summed E-state index contributed by atoms with van der Waals surface area (Å²) in [5.74, 6) is 0.190. The first-order chi connectivity index (χ1) is 12.5. The Hall–Kier alpha value is -1.89. The van der Waals surface area contributed by atoms with Gasteiger partial charge in [-0.25, -0.2) is 0 Å². The van der Waals surface area contributed by atoms with Gasteiger partial charge in [-0.1, -0.05) is 41.4 Å². The molecule has 0 spiro atoms. The monoisotopic (exact) mass is 412 g/mol. The molecular weight excluding hydrogens is 395 g/mol. The summed E-state index contributed by atoms with van der Waals surface area (Å²) in [6.07, 6.45) is 0.705. The number of thioether (sulfide) groups is 1. The molecule has 0 aliphatic rings. The zero-order valence-corrected chi connectivity index (χ0v) is 16.2. The number of rotatable bonds is 8. The van der Waals surface area contributed by atoms with Crippen molar-refractivity contribution in [2.24, 2.45) is 0 Å². The van der Waals surface area contributed by atoms with Gasteiger partial charge in [-0.05, 0) is 36.8 Å². The Morgan fingerprint density at radius 3 is 2.46 bits per heavy atom. The van der Waals surface area contributed by atoms with Crippen molar-refractivity contribution in [3.05, 3.63) is 58.6 Å². The van der Waals surface area contributed by atoms with E-state index in [4.69, 9.17) is 27.9 Å². The van der Waals surface area contributed by atoms with E-state index < -0.39 is 0 Å². The van der Waals surface area contributed by atoms with Gasteiger partial charge in [0.15, 0.2) is 0 Å². The number of amides is 2. The SMILES string of the molecule is O=C(CCCOc1ccc(Cl)cc1Cl)NNC(=O)CSc1ccccc1. The van der Waals surface area contributed by atoms with Crippen molar-refractivity contribution in [1.82, 2.24) is 10.9 Å². The Morgan fingerprint density at radius 1 is 1.00 bits per heavy atom. The van der Waals surface area contributed by atoms with Crippen molar-refractivity contribution in [2.75, 3.05) is 12.4 Å². The lowest BCUT2D eigenvalue weighted by Gasteiger charge is -2.09. The molecule has 0 aliphatic heterocycles. The third-order valence-corrected chi connectivity index (χ3v) is 4.70. The summed E-state index contributed by atoms with van der Waals surface area (Å²) >= 11 is 13.2. The Morgan fingerprint density at radius 2 is 1.73 bits per heavy atom. The third-order valence-electron chi connectivity index (χ3n) is 3.15. The molecule has 0 saturated heterocycles. The molecule has 138 valence electrons. The van der Waals surface area contributed by atoms with Crippen molar-refractivity contribution in [3.8, 4) is 5.75 Å². The van der Waals surface area contributed by atoms with Crippen molar-refractivity contribution >= 4 is 46.8 Å². The fourth-order valence-electron chi connectivity index (χ4n) is 1.91. The summed E-state index contributed by atoms with van der Waals surface area (Å²) in [6.45, 7) is 0.326. The molecule has 2 N–H and O–H groups in total. The summed E-state index contributed by atoms with van der Waals surface area (Å²) in [5.41, 5.74) is 4.78. The van der Waals surface area contributed by atoms with Crippen molar-refractivity contribution in [3.63, 3.8) is 0 Å². The number of carbonyl (C=O) groups excluding carboxylic acids is 2. The van der Waals surface area contributed by atoms with Crippen molar-refractivity contribution in [1.29, 1.82) is 0 Å². The summed E-state index contributed by atoms with van der Waals surface area (Å²) in [4.78, 5) is 24.4. The molecule has 0 heterocycles. The largest absolute Gasteiger partial charge is 0.492 e. The van der Waals surface area contributed by atoms with Gasteiger partial charge in [0.1, 0.15) is 5.75 Å². The van der Waals surface area contributed by atoms with Gasteiger partial charge < -0.3 is 4.74 Å². The molecule has 8 heteroatoms. The Balaban J connectivity index is 1.57. The molecule has 2 aromatic rings. The standard InChI is InChI=1S/C18H18Cl2N2O3S/c19-13-8-9-16(15(20)11-13)25-10-4-7-17(23)21-22-18(24)12-26-14-5-2-1-3-6-14/h1-3,5-6,8-9,11H,4,7,10,12H2,(H,21,23)(H,22,24). The minimum atomic E-state index is -0.283. The minimum Gasteiger partial charge on any atom is -0.492 e. The molecule has 0 aliphatic carbocycles. The normalized spacial score (nSPS) is 10.2. The van der Waals surface area contributed by atoms with Gasteiger partial charge in [-0.3, -0.25) is 20.4 Å².